The minimum Gasteiger partial charge on any atom is -0.415 e. The highest BCUT2D eigenvalue weighted by Crippen LogP contribution is 2.10. The highest BCUT2D eigenvalue weighted by Gasteiger charge is 2.20. The van der Waals surface area contributed by atoms with Crippen molar-refractivity contribution in [3.63, 3.8) is 0 Å². The summed E-state index contributed by atoms with van der Waals surface area (Å²) in [6, 6.07) is 0. The van der Waals surface area contributed by atoms with Crippen molar-refractivity contribution in [2.45, 2.75) is 92.8 Å². The van der Waals surface area contributed by atoms with Crippen molar-refractivity contribution in [2.75, 3.05) is 19.8 Å². The van der Waals surface area contributed by atoms with Gasteiger partial charge in [-0.25, -0.2) is 0 Å². The summed E-state index contributed by atoms with van der Waals surface area (Å²) >= 11 is 0. The van der Waals surface area contributed by atoms with E-state index < -0.39 is 16.6 Å². The van der Waals surface area contributed by atoms with Crippen molar-refractivity contribution in [3.8, 4) is 0 Å². The molecule has 1 unspecified atom stereocenters. The second kappa shape index (κ2) is 16.2. The molecule has 0 amide bonds. The van der Waals surface area contributed by atoms with Crippen LogP contribution in [0.4, 0.5) is 0 Å². The van der Waals surface area contributed by atoms with E-state index in [1.807, 2.05) is 13.8 Å². The summed E-state index contributed by atoms with van der Waals surface area (Å²) in [5.41, 5.74) is 0. The van der Waals surface area contributed by atoms with E-state index in [2.05, 4.69) is 60.1 Å². The molecular formula is C17H44O3Si2. The largest absolute Gasteiger partial charge is 0.415 e. The third-order valence-corrected chi connectivity index (χ3v) is 4.14. The fourth-order valence-electron chi connectivity index (χ4n) is 1.40. The Bertz CT molecular complexity index is 207. The standard InChI is InChI=1S/C9H24O2Si2.C6H14O.C2H6/c1-9(11-13(5,6)7)8-10-12(2,3)4;1-3-5-7-6-4-2;1-2/h9H,8H2,1-7H3;3-6H2,1-2H3;1-2H3. The Balaban J connectivity index is -0.000000339. The van der Waals surface area contributed by atoms with Crippen molar-refractivity contribution in [1.29, 1.82) is 0 Å². The molecule has 0 fully saturated rings. The molecule has 0 saturated heterocycles. The van der Waals surface area contributed by atoms with Gasteiger partial charge in [-0.1, -0.05) is 27.7 Å². The molecule has 0 aromatic carbocycles. The molecular weight excluding hydrogens is 308 g/mol. The van der Waals surface area contributed by atoms with E-state index in [1.54, 1.807) is 0 Å². The Morgan fingerprint density at radius 2 is 1.18 bits per heavy atom. The first-order valence-corrected chi connectivity index (χ1v) is 15.7. The minimum atomic E-state index is -1.38. The fraction of sp³-hybridized carbons (Fsp3) is 1.00. The lowest BCUT2D eigenvalue weighted by Gasteiger charge is -2.26. The molecule has 3 nitrogen and oxygen atoms in total. The number of hydrogen-bond acceptors (Lipinski definition) is 3. The summed E-state index contributed by atoms with van der Waals surface area (Å²) in [6.45, 7) is 26.2. The van der Waals surface area contributed by atoms with Crippen LogP contribution in [0.25, 0.3) is 0 Å². The van der Waals surface area contributed by atoms with Crippen LogP contribution in [0.15, 0.2) is 0 Å². The number of hydrogen-bond donors (Lipinski definition) is 0. The average molecular weight is 353 g/mol. The SMILES string of the molecule is CC.CC(CO[Si](C)(C)C)O[Si](C)(C)C.CCCOCCC. The van der Waals surface area contributed by atoms with Crippen molar-refractivity contribution in [1.82, 2.24) is 0 Å². The van der Waals surface area contributed by atoms with Gasteiger partial charge in [0.05, 0.1) is 12.7 Å². The molecule has 5 heteroatoms. The van der Waals surface area contributed by atoms with Crippen LogP contribution in [0.3, 0.4) is 0 Å². The molecule has 1 atom stereocenters. The second-order valence-corrected chi connectivity index (χ2v) is 16.1. The molecule has 0 aromatic heterocycles. The van der Waals surface area contributed by atoms with Crippen molar-refractivity contribution >= 4 is 16.6 Å². The zero-order valence-electron chi connectivity index (χ0n) is 17.3. The smallest absolute Gasteiger partial charge is 0.184 e. The lowest BCUT2D eigenvalue weighted by atomic mass is 10.5. The Morgan fingerprint density at radius 3 is 1.45 bits per heavy atom. The summed E-state index contributed by atoms with van der Waals surface area (Å²) in [5, 5.41) is 0. The van der Waals surface area contributed by atoms with Crippen LogP contribution >= 0.6 is 0 Å². The minimum absolute atomic E-state index is 0.249. The van der Waals surface area contributed by atoms with Gasteiger partial charge in [0.25, 0.3) is 0 Å². The highest BCUT2D eigenvalue weighted by atomic mass is 28.4. The molecule has 0 N–H and O–H groups in total. The number of ether oxygens (including phenoxy) is 1. The molecule has 0 aliphatic heterocycles. The first-order chi connectivity index (χ1) is 10.0. The first-order valence-electron chi connectivity index (χ1n) is 8.91. The quantitative estimate of drug-likeness (QED) is 0.380. The Hall–Kier alpha value is 0.314. The molecule has 0 bridgehead atoms. The van der Waals surface area contributed by atoms with Gasteiger partial charge in [0, 0.05) is 13.2 Å². The zero-order chi connectivity index (χ0) is 18.2. The normalized spacial score (nSPS) is 12.7. The van der Waals surface area contributed by atoms with Gasteiger partial charge in [0.2, 0.25) is 0 Å². The van der Waals surface area contributed by atoms with Gasteiger partial charge in [0.15, 0.2) is 16.6 Å². The monoisotopic (exact) mass is 352 g/mol. The van der Waals surface area contributed by atoms with Gasteiger partial charge < -0.3 is 13.6 Å². The topological polar surface area (TPSA) is 27.7 Å². The maximum absolute atomic E-state index is 5.87. The van der Waals surface area contributed by atoms with Gasteiger partial charge in [0.1, 0.15) is 0 Å². The molecule has 0 radical (unpaired) electrons. The Kier molecular flexibility index (Phi) is 20.0. The van der Waals surface area contributed by atoms with E-state index in [4.69, 9.17) is 13.6 Å². The molecule has 0 saturated carbocycles. The lowest BCUT2D eigenvalue weighted by molar-refractivity contribution is 0.133. The molecule has 138 valence electrons. The summed E-state index contributed by atoms with van der Waals surface area (Å²) in [5.74, 6) is 0. The molecule has 0 rings (SSSR count). The van der Waals surface area contributed by atoms with Crippen LogP contribution in [-0.2, 0) is 13.6 Å². The Labute approximate surface area is 143 Å². The van der Waals surface area contributed by atoms with Crippen molar-refractivity contribution < 1.29 is 13.6 Å². The Morgan fingerprint density at radius 1 is 0.773 bits per heavy atom. The molecule has 22 heavy (non-hydrogen) atoms. The van der Waals surface area contributed by atoms with Gasteiger partial charge in [-0.2, -0.15) is 0 Å². The maximum Gasteiger partial charge on any atom is 0.184 e. The predicted octanol–water partition coefficient (Wildman–Crippen LogP) is 5.93. The van der Waals surface area contributed by atoms with Gasteiger partial charge in [-0.05, 0) is 59.0 Å². The molecule has 0 aliphatic carbocycles. The lowest BCUT2D eigenvalue weighted by Crippen LogP contribution is -2.36. The van der Waals surface area contributed by atoms with E-state index in [-0.39, 0.29) is 6.10 Å². The van der Waals surface area contributed by atoms with Crippen LogP contribution < -0.4 is 0 Å². The van der Waals surface area contributed by atoms with Crippen LogP contribution in [-0.4, -0.2) is 42.6 Å². The molecule has 0 aliphatic rings. The average Bonchev–Trinajstić information content (AvgIpc) is 2.38. The summed E-state index contributed by atoms with van der Waals surface area (Å²) in [7, 11) is -2.74. The molecule has 0 spiro atoms. The summed E-state index contributed by atoms with van der Waals surface area (Å²) < 4.78 is 16.8. The molecule has 0 aromatic rings. The van der Waals surface area contributed by atoms with Gasteiger partial charge >= 0.3 is 0 Å². The predicted molar refractivity (Wildman–Crippen MR) is 106 cm³/mol. The van der Waals surface area contributed by atoms with E-state index in [0.717, 1.165) is 32.7 Å². The third-order valence-electron chi connectivity index (χ3n) is 2.00. The second-order valence-electron chi connectivity index (χ2n) is 7.08. The van der Waals surface area contributed by atoms with Crippen LogP contribution in [0.1, 0.15) is 47.5 Å². The maximum atomic E-state index is 5.87. The van der Waals surface area contributed by atoms with Crippen molar-refractivity contribution in [2.24, 2.45) is 0 Å². The van der Waals surface area contributed by atoms with Crippen molar-refractivity contribution in [3.05, 3.63) is 0 Å². The molecule has 0 heterocycles. The van der Waals surface area contributed by atoms with E-state index in [0.29, 0.717) is 0 Å². The fourth-order valence-corrected chi connectivity index (χ4v) is 3.41. The van der Waals surface area contributed by atoms with Gasteiger partial charge in [-0.15, -0.1) is 0 Å². The van der Waals surface area contributed by atoms with Gasteiger partial charge in [-0.3, -0.25) is 0 Å². The van der Waals surface area contributed by atoms with E-state index >= 15 is 0 Å². The highest BCUT2D eigenvalue weighted by molar-refractivity contribution is 6.70. The van der Waals surface area contributed by atoms with E-state index in [1.165, 1.54) is 0 Å². The zero-order valence-corrected chi connectivity index (χ0v) is 19.3. The third kappa shape index (κ3) is 32.3. The van der Waals surface area contributed by atoms with Crippen LogP contribution in [0.5, 0.6) is 0 Å². The number of rotatable bonds is 9. The first kappa shape index (κ1) is 27.2. The summed E-state index contributed by atoms with van der Waals surface area (Å²) in [6.07, 6.45) is 2.53. The summed E-state index contributed by atoms with van der Waals surface area (Å²) in [4.78, 5) is 0. The van der Waals surface area contributed by atoms with Crippen LogP contribution in [0.2, 0.25) is 39.3 Å². The van der Waals surface area contributed by atoms with Crippen LogP contribution in [0, 0.1) is 0 Å². The van der Waals surface area contributed by atoms with E-state index in [9.17, 15) is 0 Å².